The molecule has 30 heavy (non-hydrogen) atoms. The quantitative estimate of drug-likeness (QED) is 0.413. The van der Waals surface area contributed by atoms with Gasteiger partial charge in [0.05, 0.1) is 22.5 Å². The van der Waals surface area contributed by atoms with Crippen molar-refractivity contribution in [2.45, 2.75) is 6.42 Å². The van der Waals surface area contributed by atoms with Gasteiger partial charge >= 0.3 is 6.09 Å². The van der Waals surface area contributed by atoms with Crippen LogP contribution in [0, 0.1) is 0 Å². The number of carbonyl (C=O) groups excluding carboxylic acids is 1. The lowest BCUT2D eigenvalue weighted by molar-refractivity contribution is 0.0946. The molecule has 0 fully saturated rings. The lowest BCUT2D eigenvalue weighted by Gasteiger charge is -2.11. The monoisotopic (exact) mass is 398 g/mol. The molecule has 1 aliphatic rings. The molecule has 3 heterocycles. The third kappa shape index (κ3) is 3.06. The number of amides is 2. The summed E-state index contributed by atoms with van der Waals surface area (Å²) in [5.74, 6) is -0.0682. The van der Waals surface area contributed by atoms with Gasteiger partial charge in [0.2, 0.25) is 0 Å². The highest BCUT2D eigenvalue weighted by molar-refractivity contribution is 6.00. The Kier molecular flexibility index (Phi) is 4.21. The summed E-state index contributed by atoms with van der Waals surface area (Å²) in [6, 6.07) is 18.8. The first-order valence-corrected chi connectivity index (χ1v) is 9.60. The van der Waals surface area contributed by atoms with E-state index in [2.05, 4.69) is 15.6 Å². The van der Waals surface area contributed by atoms with Crippen LogP contribution in [0.15, 0.2) is 60.7 Å². The van der Waals surface area contributed by atoms with E-state index in [1.807, 2.05) is 48.5 Å². The number of aromatic nitrogens is 2. The normalized spacial score (nSPS) is 13.0. The number of carbonyl (C=O) groups is 2. The molecule has 0 bridgehead atoms. The van der Waals surface area contributed by atoms with Crippen LogP contribution >= 0.6 is 0 Å². The molecule has 0 radical (unpaired) electrons. The van der Waals surface area contributed by atoms with Gasteiger partial charge in [0.1, 0.15) is 0 Å². The SMILES string of the molecule is O=C(O)Nc1ccccc1-c1ccc2cccc(-c3cc4c([nH]3)CCNC4=O)c2n1. The van der Waals surface area contributed by atoms with Crippen LogP contribution in [0.1, 0.15) is 16.1 Å². The molecule has 0 saturated carbocycles. The highest BCUT2D eigenvalue weighted by atomic mass is 16.4. The van der Waals surface area contributed by atoms with Crippen molar-refractivity contribution in [3.63, 3.8) is 0 Å². The standard InChI is InChI=1S/C23H18N4O3/c28-22-16-12-20(25-19(16)10-11-24-22)15-6-3-4-13-8-9-18(26-21(13)15)14-5-1-2-7-17(14)27-23(29)30/h1-9,12,25,27H,10-11H2,(H,24,28)(H,29,30). The summed E-state index contributed by atoms with van der Waals surface area (Å²) in [7, 11) is 0. The van der Waals surface area contributed by atoms with Gasteiger partial charge < -0.3 is 15.4 Å². The Hall–Kier alpha value is -4.13. The molecule has 1 aliphatic heterocycles. The fourth-order valence-electron chi connectivity index (χ4n) is 3.88. The van der Waals surface area contributed by atoms with Crippen molar-refractivity contribution in [2.24, 2.45) is 0 Å². The number of carboxylic acid groups (broad SMARTS) is 1. The van der Waals surface area contributed by atoms with Gasteiger partial charge in [0.15, 0.2) is 0 Å². The maximum Gasteiger partial charge on any atom is 0.409 e. The van der Waals surface area contributed by atoms with Gasteiger partial charge in [-0.15, -0.1) is 0 Å². The molecule has 0 spiro atoms. The lowest BCUT2D eigenvalue weighted by atomic mass is 10.0. The highest BCUT2D eigenvalue weighted by Crippen LogP contribution is 2.33. The zero-order chi connectivity index (χ0) is 20.7. The largest absolute Gasteiger partial charge is 0.465 e. The Morgan fingerprint density at radius 1 is 1.00 bits per heavy atom. The Bertz CT molecular complexity index is 1310. The van der Waals surface area contributed by atoms with E-state index in [1.54, 1.807) is 12.1 Å². The van der Waals surface area contributed by atoms with Gasteiger partial charge in [-0.25, -0.2) is 9.78 Å². The fraction of sp³-hybridized carbons (Fsp3) is 0.0870. The van der Waals surface area contributed by atoms with E-state index in [9.17, 15) is 9.59 Å². The Morgan fingerprint density at radius 3 is 2.67 bits per heavy atom. The summed E-state index contributed by atoms with van der Waals surface area (Å²) in [5.41, 5.74) is 5.93. The third-order valence-corrected chi connectivity index (χ3v) is 5.26. The number of H-pyrrole nitrogens is 1. The van der Waals surface area contributed by atoms with E-state index in [0.717, 1.165) is 34.3 Å². The van der Waals surface area contributed by atoms with Gasteiger partial charge in [-0.05, 0) is 18.2 Å². The van der Waals surface area contributed by atoms with E-state index in [-0.39, 0.29) is 5.91 Å². The molecule has 0 atom stereocenters. The van der Waals surface area contributed by atoms with Crippen LogP contribution in [0.3, 0.4) is 0 Å². The number of nitrogens with one attached hydrogen (secondary N) is 3. The van der Waals surface area contributed by atoms with E-state index in [1.165, 1.54) is 0 Å². The molecule has 7 nitrogen and oxygen atoms in total. The second kappa shape index (κ2) is 7.04. The fourth-order valence-corrected chi connectivity index (χ4v) is 3.88. The van der Waals surface area contributed by atoms with Gasteiger partial charge in [0.25, 0.3) is 5.91 Å². The summed E-state index contributed by atoms with van der Waals surface area (Å²) in [5, 5.41) is 15.4. The van der Waals surface area contributed by atoms with Crippen LogP contribution in [0.2, 0.25) is 0 Å². The number of hydrogen-bond donors (Lipinski definition) is 4. The Labute approximate surface area is 171 Å². The van der Waals surface area contributed by atoms with Gasteiger partial charge in [-0.2, -0.15) is 0 Å². The average Bonchev–Trinajstić information content (AvgIpc) is 3.18. The van der Waals surface area contributed by atoms with Crippen molar-refractivity contribution in [1.82, 2.24) is 15.3 Å². The van der Waals surface area contributed by atoms with Crippen molar-refractivity contribution in [3.8, 4) is 22.5 Å². The summed E-state index contributed by atoms with van der Waals surface area (Å²) in [6.45, 7) is 0.622. The average molecular weight is 398 g/mol. The van der Waals surface area contributed by atoms with Gasteiger partial charge in [0, 0.05) is 40.9 Å². The van der Waals surface area contributed by atoms with Crippen LogP contribution in [-0.2, 0) is 6.42 Å². The minimum absolute atomic E-state index is 0.0682. The molecular weight excluding hydrogens is 380 g/mol. The first-order valence-electron chi connectivity index (χ1n) is 9.60. The lowest BCUT2D eigenvalue weighted by Crippen LogP contribution is -2.31. The second-order valence-corrected chi connectivity index (χ2v) is 7.13. The third-order valence-electron chi connectivity index (χ3n) is 5.26. The topological polar surface area (TPSA) is 107 Å². The molecule has 2 amide bonds. The van der Waals surface area contributed by atoms with E-state index >= 15 is 0 Å². The summed E-state index contributed by atoms with van der Waals surface area (Å²) in [4.78, 5) is 31.6. The van der Waals surface area contributed by atoms with Gasteiger partial charge in [-0.1, -0.05) is 42.5 Å². The van der Waals surface area contributed by atoms with Crippen LogP contribution in [0.5, 0.6) is 0 Å². The number of hydrogen-bond acceptors (Lipinski definition) is 3. The molecule has 4 aromatic rings. The van der Waals surface area contributed by atoms with Crippen LogP contribution in [-0.4, -0.2) is 33.6 Å². The van der Waals surface area contributed by atoms with E-state index < -0.39 is 6.09 Å². The molecular formula is C23H18N4O3. The molecule has 0 aliphatic carbocycles. The maximum atomic E-state index is 12.2. The predicted molar refractivity (Wildman–Crippen MR) is 115 cm³/mol. The van der Waals surface area contributed by atoms with Crippen LogP contribution in [0.25, 0.3) is 33.4 Å². The number of pyridine rings is 1. The molecule has 0 unspecified atom stereocenters. The van der Waals surface area contributed by atoms with E-state index in [0.29, 0.717) is 29.1 Å². The number of para-hydroxylation sites is 2. The minimum Gasteiger partial charge on any atom is -0.465 e. The van der Waals surface area contributed by atoms with Gasteiger partial charge in [-0.3, -0.25) is 10.1 Å². The molecule has 2 aromatic heterocycles. The zero-order valence-corrected chi connectivity index (χ0v) is 15.9. The number of nitrogens with zero attached hydrogens (tertiary/aromatic N) is 1. The molecule has 4 N–H and O–H groups in total. The summed E-state index contributed by atoms with van der Waals surface area (Å²) < 4.78 is 0. The number of benzene rings is 2. The molecule has 148 valence electrons. The van der Waals surface area contributed by atoms with Crippen molar-refractivity contribution >= 4 is 28.6 Å². The molecule has 0 saturated heterocycles. The Balaban J connectivity index is 1.66. The number of anilines is 1. The number of aromatic amines is 1. The molecule has 2 aromatic carbocycles. The zero-order valence-electron chi connectivity index (χ0n) is 15.9. The number of rotatable bonds is 3. The van der Waals surface area contributed by atoms with Crippen molar-refractivity contribution in [3.05, 3.63) is 71.9 Å². The van der Waals surface area contributed by atoms with Crippen LogP contribution < -0.4 is 10.6 Å². The smallest absolute Gasteiger partial charge is 0.409 e. The van der Waals surface area contributed by atoms with E-state index in [4.69, 9.17) is 10.1 Å². The molecule has 7 heteroatoms. The maximum absolute atomic E-state index is 12.2. The molecule has 5 rings (SSSR count). The van der Waals surface area contributed by atoms with Crippen molar-refractivity contribution in [1.29, 1.82) is 0 Å². The van der Waals surface area contributed by atoms with Crippen LogP contribution in [0.4, 0.5) is 10.5 Å². The summed E-state index contributed by atoms with van der Waals surface area (Å²) >= 11 is 0. The van der Waals surface area contributed by atoms with Crippen molar-refractivity contribution in [2.75, 3.05) is 11.9 Å². The Morgan fingerprint density at radius 2 is 1.83 bits per heavy atom. The summed E-state index contributed by atoms with van der Waals surface area (Å²) in [6.07, 6.45) is -0.363. The highest BCUT2D eigenvalue weighted by Gasteiger charge is 2.21. The first kappa shape index (κ1) is 17.9. The first-order chi connectivity index (χ1) is 14.6. The van der Waals surface area contributed by atoms with Crippen molar-refractivity contribution < 1.29 is 14.7 Å². The predicted octanol–water partition coefficient (Wildman–Crippen LogP) is 4.27. The minimum atomic E-state index is -1.13. The second-order valence-electron chi connectivity index (χ2n) is 7.13. The number of fused-ring (bicyclic) bond motifs is 2.